The Labute approximate surface area is 176 Å². The first-order chi connectivity index (χ1) is 14.8. The number of para-hydroxylation sites is 1. The summed E-state index contributed by atoms with van der Waals surface area (Å²) < 4.78 is 12.8. The second-order valence-corrected chi connectivity index (χ2v) is 6.98. The maximum Gasteiger partial charge on any atom is 0.150 e. The summed E-state index contributed by atoms with van der Waals surface area (Å²) in [5.41, 5.74) is 4.18. The van der Waals surface area contributed by atoms with Gasteiger partial charge < -0.3 is 18.9 Å². The molecule has 0 spiro atoms. The van der Waals surface area contributed by atoms with Crippen molar-refractivity contribution in [1.29, 1.82) is 0 Å². The fraction of sp³-hybridized carbons (Fsp3) is 0.250. The van der Waals surface area contributed by atoms with E-state index in [0.29, 0.717) is 13.2 Å². The molecular formula is C24H26N4O2. The minimum atomic E-state index is 0.606. The van der Waals surface area contributed by atoms with Crippen LogP contribution in [-0.2, 0) is 9.47 Å². The maximum absolute atomic E-state index is 5.34. The van der Waals surface area contributed by atoms with Crippen LogP contribution in [0.4, 0.5) is 5.82 Å². The third kappa shape index (κ3) is 4.06. The van der Waals surface area contributed by atoms with Gasteiger partial charge in [-0.3, -0.25) is 0 Å². The molecule has 0 aliphatic rings. The highest BCUT2D eigenvalue weighted by molar-refractivity contribution is 6.02. The van der Waals surface area contributed by atoms with Gasteiger partial charge in [-0.05, 0) is 17.7 Å². The third-order valence-electron chi connectivity index (χ3n) is 5.11. The van der Waals surface area contributed by atoms with Gasteiger partial charge in [0.15, 0.2) is 5.65 Å². The van der Waals surface area contributed by atoms with E-state index in [4.69, 9.17) is 14.5 Å². The average Bonchev–Trinajstić information content (AvgIpc) is 3.20. The summed E-state index contributed by atoms with van der Waals surface area (Å²) in [6.07, 6.45) is 3.79. The molecular weight excluding hydrogens is 376 g/mol. The number of benzene rings is 2. The molecule has 0 bridgehead atoms. The molecule has 4 aromatic rings. The number of methoxy groups -OCH3 is 2. The van der Waals surface area contributed by atoms with Crippen LogP contribution in [0.5, 0.6) is 0 Å². The smallest absolute Gasteiger partial charge is 0.150 e. The van der Waals surface area contributed by atoms with Gasteiger partial charge in [-0.2, -0.15) is 0 Å². The number of fused-ring (bicyclic) bond motifs is 1. The van der Waals surface area contributed by atoms with Crippen molar-refractivity contribution >= 4 is 16.9 Å². The molecule has 2 heterocycles. The van der Waals surface area contributed by atoms with E-state index in [0.717, 1.165) is 46.8 Å². The molecule has 0 saturated carbocycles. The van der Waals surface area contributed by atoms with E-state index in [1.54, 1.807) is 20.5 Å². The fourth-order valence-corrected chi connectivity index (χ4v) is 3.63. The lowest BCUT2D eigenvalue weighted by molar-refractivity contribution is 0.190. The minimum absolute atomic E-state index is 0.606. The van der Waals surface area contributed by atoms with E-state index in [9.17, 15) is 0 Å². The van der Waals surface area contributed by atoms with Gasteiger partial charge in [-0.1, -0.05) is 48.5 Å². The Balaban J connectivity index is 1.94. The number of ether oxygens (including phenoxy) is 2. The summed E-state index contributed by atoms with van der Waals surface area (Å²) in [4.78, 5) is 11.6. The van der Waals surface area contributed by atoms with E-state index in [-0.39, 0.29) is 0 Å². The maximum atomic E-state index is 5.34. The molecule has 0 aliphatic heterocycles. The van der Waals surface area contributed by atoms with Crippen LogP contribution in [0.3, 0.4) is 0 Å². The summed E-state index contributed by atoms with van der Waals surface area (Å²) in [7, 11) is 3.43. The van der Waals surface area contributed by atoms with Crippen molar-refractivity contribution in [2.24, 2.45) is 0 Å². The number of rotatable bonds is 9. The molecule has 0 fully saturated rings. The van der Waals surface area contributed by atoms with Crippen molar-refractivity contribution in [2.45, 2.75) is 0 Å². The lowest BCUT2D eigenvalue weighted by Gasteiger charge is -2.24. The van der Waals surface area contributed by atoms with Gasteiger partial charge in [0, 0.05) is 44.8 Å². The van der Waals surface area contributed by atoms with Crippen molar-refractivity contribution in [3.8, 4) is 16.8 Å². The van der Waals surface area contributed by atoms with Crippen LogP contribution in [0, 0.1) is 0 Å². The molecule has 6 heteroatoms. The summed E-state index contributed by atoms with van der Waals surface area (Å²) in [6, 6.07) is 20.6. The van der Waals surface area contributed by atoms with Crippen molar-refractivity contribution < 1.29 is 9.47 Å². The van der Waals surface area contributed by atoms with Crippen LogP contribution >= 0.6 is 0 Å². The lowest BCUT2D eigenvalue weighted by atomic mass is 10.1. The minimum Gasteiger partial charge on any atom is -0.383 e. The van der Waals surface area contributed by atoms with E-state index >= 15 is 0 Å². The van der Waals surface area contributed by atoms with Gasteiger partial charge in [0.2, 0.25) is 0 Å². The zero-order valence-electron chi connectivity index (χ0n) is 17.4. The first-order valence-corrected chi connectivity index (χ1v) is 10.0. The molecule has 6 nitrogen and oxygen atoms in total. The van der Waals surface area contributed by atoms with Crippen molar-refractivity contribution in [1.82, 2.24) is 14.5 Å². The van der Waals surface area contributed by atoms with Crippen molar-refractivity contribution in [3.05, 3.63) is 73.2 Å². The van der Waals surface area contributed by atoms with Gasteiger partial charge in [0.05, 0.1) is 18.6 Å². The van der Waals surface area contributed by atoms with Crippen LogP contribution in [0.2, 0.25) is 0 Å². The second-order valence-electron chi connectivity index (χ2n) is 6.98. The third-order valence-corrected chi connectivity index (χ3v) is 5.11. The van der Waals surface area contributed by atoms with Crippen molar-refractivity contribution in [3.63, 3.8) is 0 Å². The van der Waals surface area contributed by atoms with Crippen LogP contribution in [0.15, 0.2) is 73.2 Å². The molecule has 0 aliphatic carbocycles. The summed E-state index contributed by atoms with van der Waals surface area (Å²) >= 11 is 0. The Morgan fingerprint density at radius 2 is 1.47 bits per heavy atom. The molecule has 4 rings (SSSR count). The summed E-state index contributed by atoms with van der Waals surface area (Å²) in [6.45, 7) is 2.65. The fourth-order valence-electron chi connectivity index (χ4n) is 3.63. The molecule has 0 N–H and O–H groups in total. The number of anilines is 1. The van der Waals surface area contributed by atoms with Crippen LogP contribution < -0.4 is 4.90 Å². The predicted molar refractivity (Wildman–Crippen MR) is 120 cm³/mol. The van der Waals surface area contributed by atoms with Gasteiger partial charge in [0.1, 0.15) is 12.1 Å². The number of nitrogens with zero attached hydrogens (tertiary/aromatic N) is 4. The van der Waals surface area contributed by atoms with Crippen LogP contribution in [0.1, 0.15) is 0 Å². The molecule has 154 valence electrons. The molecule has 0 amide bonds. The molecule has 0 atom stereocenters. The van der Waals surface area contributed by atoms with Crippen LogP contribution in [-0.4, -0.2) is 55.1 Å². The second kappa shape index (κ2) is 9.52. The quantitative estimate of drug-likeness (QED) is 0.420. The normalized spacial score (nSPS) is 11.1. The van der Waals surface area contributed by atoms with Crippen LogP contribution in [0.25, 0.3) is 27.8 Å². The van der Waals surface area contributed by atoms with Gasteiger partial charge in [-0.15, -0.1) is 0 Å². The standard InChI is InChI=1S/C24H26N4O2/c1-29-15-13-27(14-16-30-2)23-22-21(19-9-5-3-6-10-19)17-28(24(22)26-18-25-23)20-11-7-4-8-12-20/h3-12,17-18H,13-16H2,1-2H3. The van der Waals surface area contributed by atoms with E-state index in [1.807, 2.05) is 24.3 Å². The topological polar surface area (TPSA) is 52.4 Å². The van der Waals surface area contributed by atoms with E-state index in [2.05, 4.69) is 57.0 Å². The van der Waals surface area contributed by atoms with Gasteiger partial charge >= 0.3 is 0 Å². The Morgan fingerprint density at radius 3 is 2.10 bits per heavy atom. The highest BCUT2D eigenvalue weighted by Gasteiger charge is 2.20. The monoisotopic (exact) mass is 402 g/mol. The Kier molecular flexibility index (Phi) is 6.37. The molecule has 30 heavy (non-hydrogen) atoms. The Morgan fingerprint density at radius 1 is 0.833 bits per heavy atom. The average molecular weight is 402 g/mol. The molecule has 0 unspecified atom stereocenters. The summed E-state index contributed by atoms with van der Waals surface area (Å²) in [5.74, 6) is 0.891. The summed E-state index contributed by atoms with van der Waals surface area (Å²) in [5, 5.41) is 1.03. The largest absolute Gasteiger partial charge is 0.383 e. The highest BCUT2D eigenvalue weighted by atomic mass is 16.5. The first-order valence-electron chi connectivity index (χ1n) is 10.0. The molecule has 2 aromatic heterocycles. The number of hydrogen-bond acceptors (Lipinski definition) is 5. The van der Waals surface area contributed by atoms with Gasteiger partial charge in [0.25, 0.3) is 0 Å². The Hall–Kier alpha value is -3.22. The first kappa shape index (κ1) is 20.1. The zero-order chi connectivity index (χ0) is 20.8. The molecule has 0 radical (unpaired) electrons. The molecule has 0 saturated heterocycles. The van der Waals surface area contributed by atoms with E-state index < -0.39 is 0 Å². The lowest BCUT2D eigenvalue weighted by Crippen LogP contribution is -2.31. The zero-order valence-corrected chi connectivity index (χ0v) is 17.4. The number of aromatic nitrogens is 3. The predicted octanol–water partition coefficient (Wildman–Crippen LogP) is 4.19. The van der Waals surface area contributed by atoms with Crippen molar-refractivity contribution in [2.75, 3.05) is 45.4 Å². The molecule has 2 aromatic carbocycles. The SMILES string of the molecule is COCCN(CCOC)c1ncnc2c1c(-c1ccccc1)cn2-c1ccccc1. The Bertz CT molecular complexity index is 1070. The van der Waals surface area contributed by atoms with Gasteiger partial charge in [-0.25, -0.2) is 9.97 Å². The highest BCUT2D eigenvalue weighted by Crippen LogP contribution is 2.36. The number of hydrogen-bond donors (Lipinski definition) is 0. The van der Waals surface area contributed by atoms with E-state index in [1.165, 1.54) is 0 Å².